The maximum absolute atomic E-state index is 6.70. The van der Waals surface area contributed by atoms with Gasteiger partial charge in [0, 0.05) is 48.7 Å². The van der Waals surface area contributed by atoms with E-state index in [9.17, 15) is 0 Å². The zero-order valence-electron chi connectivity index (χ0n) is 18.9. The average molecular weight is 445 g/mol. The van der Waals surface area contributed by atoms with Gasteiger partial charge in [0.05, 0.1) is 11.2 Å². The largest absolute Gasteiger partial charge is 0.414 e. The number of nitrogens with zero attached hydrogens (tertiary/aromatic N) is 4. The molecule has 30 heavy (non-hydrogen) atoms. The molecule has 0 saturated heterocycles. The van der Waals surface area contributed by atoms with Gasteiger partial charge in [-0.2, -0.15) is 5.10 Å². The molecule has 4 rings (SSSR count). The molecule has 1 aliphatic carbocycles. The summed E-state index contributed by atoms with van der Waals surface area (Å²) in [6, 6.07) is 4.49. The summed E-state index contributed by atoms with van der Waals surface area (Å²) in [7, 11) is 0.220. The first-order chi connectivity index (χ1) is 14.0. The van der Waals surface area contributed by atoms with Gasteiger partial charge in [-0.1, -0.05) is 32.4 Å². The molecule has 0 bridgehead atoms. The van der Waals surface area contributed by atoms with Gasteiger partial charge < -0.3 is 8.99 Å². The van der Waals surface area contributed by atoms with Crippen LogP contribution in [0.3, 0.4) is 0 Å². The van der Waals surface area contributed by atoms with Gasteiger partial charge in [0.25, 0.3) is 0 Å². The fraction of sp³-hybridized carbons (Fsp3) is 0.565. The molecule has 0 amide bonds. The van der Waals surface area contributed by atoms with E-state index in [1.807, 2.05) is 30.2 Å². The molecule has 5 nitrogen and oxygen atoms in total. The van der Waals surface area contributed by atoms with E-state index >= 15 is 0 Å². The highest BCUT2D eigenvalue weighted by Crippen LogP contribution is 2.41. The Bertz CT molecular complexity index is 1040. The van der Waals surface area contributed by atoms with Crippen molar-refractivity contribution < 1.29 is 4.43 Å². The van der Waals surface area contributed by atoms with Crippen LogP contribution in [-0.4, -0.2) is 33.8 Å². The van der Waals surface area contributed by atoms with Gasteiger partial charge in [0.15, 0.2) is 8.32 Å². The van der Waals surface area contributed by atoms with Crippen LogP contribution in [0.1, 0.15) is 52.5 Å². The summed E-state index contributed by atoms with van der Waals surface area (Å²) >= 11 is 6.27. The first kappa shape index (κ1) is 21.6. The molecule has 0 spiro atoms. The highest BCUT2D eigenvalue weighted by molar-refractivity contribution is 6.74. The number of hydrogen-bond donors (Lipinski definition) is 0. The Morgan fingerprint density at radius 1 is 1.17 bits per heavy atom. The molecule has 0 atom stereocenters. The molecule has 1 fully saturated rings. The summed E-state index contributed by atoms with van der Waals surface area (Å²) in [6.45, 7) is 11.6. The second-order valence-corrected chi connectivity index (χ2v) is 15.3. The summed E-state index contributed by atoms with van der Waals surface area (Å²) in [5, 5.41) is 6.51. The van der Waals surface area contributed by atoms with Crippen molar-refractivity contribution in [3.63, 3.8) is 0 Å². The fourth-order valence-electron chi connectivity index (χ4n) is 4.22. The number of pyridine rings is 1. The molecular formula is C23H33ClN4OSi. The van der Waals surface area contributed by atoms with E-state index in [-0.39, 0.29) is 5.04 Å². The van der Waals surface area contributed by atoms with Crippen LogP contribution in [-0.2, 0) is 11.5 Å². The van der Waals surface area contributed by atoms with Crippen molar-refractivity contribution in [2.24, 2.45) is 7.05 Å². The summed E-state index contributed by atoms with van der Waals surface area (Å²) < 4.78 is 10.9. The smallest absolute Gasteiger partial charge is 0.192 e. The number of aromatic nitrogens is 4. The minimum absolute atomic E-state index is 0.252. The van der Waals surface area contributed by atoms with Crippen molar-refractivity contribution in [1.29, 1.82) is 0 Å². The lowest BCUT2D eigenvalue weighted by atomic mass is 9.93. The molecule has 3 heterocycles. The molecule has 1 saturated carbocycles. The maximum atomic E-state index is 6.70. The van der Waals surface area contributed by atoms with Crippen LogP contribution in [0.15, 0.2) is 30.7 Å². The Kier molecular flexibility index (Phi) is 5.62. The average Bonchev–Trinajstić information content (AvgIpc) is 3.24. The van der Waals surface area contributed by atoms with Crippen molar-refractivity contribution in [2.45, 2.75) is 76.7 Å². The monoisotopic (exact) mass is 444 g/mol. The lowest BCUT2D eigenvalue weighted by molar-refractivity contribution is 0.119. The summed E-state index contributed by atoms with van der Waals surface area (Å²) in [6.07, 6.45) is 10.9. The molecule has 0 N–H and O–H groups in total. The zero-order chi connectivity index (χ0) is 21.7. The third kappa shape index (κ3) is 4.10. The normalized spacial score (nSPS) is 20.8. The molecule has 0 aromatic carbocycles. The first-order valence-corrected chi connectivity index (χ1v) is 14.2. The second-order valence-electron chi connectivity index (χ2n) is 10.2. The van der Waals surface area contributed by atoms with E-state index in [1.165, 1.54) is 0 Å². The minimum atomic E-state index is -1.73. The van der Waals surface area contributed by atoms with Gasteiger partial charge >= 0.3 is 0 Å². The molecule has 0 radical (unpaired) electrons. The quantitative estimate of drug-likeness (QED) is 0.336. The maximum Gasteiger partial charge on any atom is 0.192 e. The number of halogens is 1. The van der Waals surface area contributed by atoms with Crippen LogP contribution < -0.4 is 0 Å². The first-order valence-electron chi connectivity index (χ1n) is 10.9. The highest BCUT2D eigenvalue weighted by atomic mass is 35.5. The lowest BCUT2D eigenvalue weighted by Gasteiger charge is -2.41. The van der Waals surface area contributed by atoms with Crippen LogP contribution in [0.2, 0.25) is 23.3 Å². The van der Waals surface area contributed by atoms with Gasteiger partial charge in [-0.25, -0.2) is 4.98 Å². The van der Waals surface area contributed by atoms with Crippen LogP contribution >= 0.6 is 11.6 Å². The van der Waals surface area contributed by atoms with Crippen molar-refractivity contribution in [2.75, 3.05) is 0 Å². The predicted octanol–water partition coefficient (Wildman–Crippen LogP) is 6.60. The zero-order valence-corrected chi connectivity index (χ0v) is 20.7. The van der Waals surface area contributed by atoms with Gasteiger partial charge in [-0.05, 0) is 55.9 Å². The standard InChI is InChI=1S/C23H33ClN4OSi/c1-23(2,3)30(5,6)29-17-9-7-16(8-10-17)28-15-19(20-11-12-27(4)26-20)18-14-25-22(24)13-21(18)28/h11-17H,7-10H2,1-6H3. The van der Waals surface area contributed by atoms with E-state index < -0.39 is 8.32 Å². The van der Waals surface area contributed by atoms with E-state index in [1.54, 1.807) is 0 Å². The Balaban J connectivity index is 1.58. The van der Waals surface area contributed by atoms with E-state index in [0.717, 1.165) is 47.8 Å². The Hall–Kier alpha value is -1.63. The van der Waals surface area contributed by atoms with Crippen LogP contribution in [0.5, 0.6) is 0 Å². The van der Waals surface area contributed by atoms with Gasteiger partial charge in [-0.15, -0.1) is 0 Å². The predicted molar refractivity (Wildman–Crippen MR) is 127 cm³/mol. The van der Waals surface area contributed by atoms with Crippen LogP contribution in [0.4, 0.5) is 0 Å². The van der Waals surface area contributed by atoms with E-state index in [4.69, 9.17) is 16.0 Å². The molecule has 3 aromatic rings. The van der Waals surface area contributed by atoms with Crippen molar-refractivity contribution >= 4 is 30.8 Å². The molecule has 7 heteroatoms. The van der Waals surface area contributed by atoms with Crippen LogP contribution in [0, 0.1) is 0 Å². The van der Waals surface area contributed by atoms with Crippen molar-refractivity contribution in [3.8, 4) is 11.3 Å². The van der Waals surface area contributed by atoms with Crippen LogP contribution in [0.25, 0.3) is 22.2 Å². The third-order valence-electron chi connectivity index (χ3n) is 6.98. The summed E-state index contributed by atoms with van der Waals surface area (Å²) in [5.41, 5.74) is 3.24. The number of hydrogen-bond acceptors (Lipinski definition) is 3. The molecule has 3 aromatic heterocycles. The van der Waals surface area contributed by atoms with Crippen molar-refractivity contribution in [3.05, 3.63) is 35.9 Å². The SMILES string of the molecule is Cn1ccc(-c2cn(C3CCC(O[Si](C)(C)C(C)(C)C)CC3)c3cc(Cl)ncc23)n1. The topological polar surface area (TPSA) is 44.9 Å². The Labute approximate surface area is 185 Å². The van der Waals surface area contributed by atoms with E-state index in [2.05, 4.69) is 60.8 Å². The summed E-state index contributed by atoms with van der Waals surface area (Å²) in [5.74, 6) is 0. The molecular weight excluding hydrogens is 412 g/mol. The molecule has 0 unspecified atom stereocenters. The minimum Gasteiger partial charge on any atom is -0.414 e. The van der Waals surface area contributed by atoms with E-state index in [0.29, 0.717) is 17.3 Å². The Morgan fingerprint density at radius 3 is 2.47 bits per heavy atom. The Morgan fingerprint density at radius 2 is 1.87 bits per heavy atom. The van der Waals surface area contributed by atoms with Gasteiger partial charge in [0.1, 0.15) is 5.15 Å². The van der Waals surface area contributed by atoms with Gasteiger partial charge in [0.2, 0.25) is 0 Å². The number of aryl methyl sites for hydroxylation is 1. The molecule has 1 aliphatic rings. The summed E-state index contributed by atoms with van der Waals surface area (Å²) in [4.78, 5) is 4.34. The molecule has 0 aliphatic heterocycles. The highest BCUT2D eigenvalue weighted by Gasteiger charge is 2.40. The second kappa shape index (κ2) is 7.81. The lowest BCUT2D eigenvalue weighted by Crippen LogP contribution is -2.44. The number of rotatable bonds is 4. The fourth-order valence-corrected chi connectivity index (χ4v) is 5.79. The molecule has 162 valence electrons. The van der Waals surface area contributed by atoms with Gasteiger partial charge in [-0.3, -0.25) is 4.68 Å². The number of fused-ring (bicyclic) bond motifs is 1. The van der Waals surface area contributed by atoms with Crippen molar-refractivity contribution in [1.82, 2.24) is 19.3 Å². The third-order valence-corrected chi connectivity index (χ3v) is 11.7.